The van der Waals surface area contributed by atoms with E-state index in [1.54, 1.807) is 0 Å². The second kappa shape index (κ2) is 13.3. The number of benzene rings is 9. The molecule has 7 heteroatoms. The van der Waals surface area contributed by atoms with Crippen LogP contribution in [0.15, 0.2) is 211 Å². The van der Waals surface area contributed by atoms with Crippen LogP contribution in [0.2, 0.25) is 0 Å². The first kappa shape index (κ1) is 34.9. The molecule has 9 aromatic carbocycles. The second-order valence-electron chi connectivity index (χ2n) is 16.4. The van der Waals surface area contributed by atoms with Crippen molar-refractivity contribution in [1.29, 1.82) is 0 Å². The zero-order chi connectivity index (χ0) is 41.9. The van der Waals surface area contributed by atoms with Crippen molar-refractivity contribution in [2.45, 2.75) is 0 Å². The maximum absolute atomic E-state index is 6.37. The number of hydrogen-bond acceptors (Lipinski definition) is 4. The molecule has 0 aliphatic heterocycles. The van der Waals surface area contributed by atoms with Crippen LogP contribution >= 0.6 is 0 Å². The summed E-state index contributed by atoms with van der Waals surface area (Å²) in [7, 11) is 0. The SMILES string of the molecule is c1ccc(-c2nc(-c3ccc4c(c3)oc3ccccc34)nc(-n3c4ccccc4c4ccc5c6cc(-n7c8ccccc8c8ccccc87)ccc6n(-c6ccccc6)c5c43)n2)cc1. The van der Waals surface area contributed by atoms with Crippen molar-refractivity contribution in [2.75, 3.05) is 0 Å². The van der Waals surface area contributed by atoms with Gasteiger partial charge in [-0.25, -0.2) is 4.98 Å². The summed E-state index contributed by atoms with van der Waals surface area (Å²) in [6.45, 7) is 0. The van der Waals surface area contributed by atoms with Gasteiger partial charge < -0.3 is 13.6 Å². The van der Waals surface area contributed by atoms with E-state index >= 15 is 0 Å². The molecule has 14 rings (SSSR count). The van der Waals surface area contributed by atoms with Gasteiger partial charge in [-0.3, -0.25) is 4.57 Å². The van der Waals surface area contributed by atoms with Gasteiger partial charge in [0.2, 0.25) is 5.95 Å². The molecule has 0 aliphatic carbocycles. The quantitative estimate of drug-likeness (QED) is 0.173. The van der Waals surface area contributed by atoms with Gasteiger partial charge in [-0.15, -0.1) is 0 Å². The molecule has 7 nitrogen and oxygen atoms in total. The molecule has 0 saturated heterocycles. The van der Waals surface area contributed by atoms with E-state index in [0.29, 0.717) is 17.6 Å². The Labute approximate surface area is 365 Å². The van der Waals surface area contributed by atoms with Crippen LogP contribution < -0.4 is 0 Å². The van der Waals surface area contributed by atoms with Gasteiger partial charge >= 0.3 is 0 Å². The fourth-order valence-electron chi connectivity index (χ4n) is 10.1. The average Bonchev–Trinajstić information content (AvgIpc) is 4.10. The van der Waals surface area contributed by atoms with E-state index in [2.05, 4.69) is 184 Å². The number of fused-ring (bicyclic) bond motifs is 13. The van der Waals surface area contributed by atoms with Crippen molar-refractivity contribution >= 4 is 87.4 Å². The Morgan fingerprint density at radius 3 is 1.53 bits per heavy atom. The minimum Gasteiger partial charge on any atom is -0.456 e. The van der Waals surface area contributed by atoms with E-state index in [4.69, 9.17) is 19.4 Å². The number of rotatable bonds is 5. The van der Waals surface area contributed by atoms with Crippen molar-refractivity contribution in [3.05, 3.63) is 206 Å². The molecule has 0 spiro atoms. The second-order valence-corrected chi connectivity index (χ2v) is 16.4. The highest BCUT2D eigenvalue weighted by molar-refractivity contribution is 6.24. The molecule has 0 aliphatic rings. The largest absolute Gasteiger partial charge is 0.456 e. The third kappa shape index (κ3) is 5.00. The molecular formula is C57H34N6O. The van der Waals surface area contributed by atoms with Gasteiger partial charge in [0.15, 0.2) is 11.6 Å². The normalized spacial score (nSPS) is 12.1. The molecule has 0 atom stereocenters. The maximum atomic E-state index is 6.37. The molecule has 0 bridgehead atoms. The summed E-state index contributed by atoms with van der Waals surface area (Å²) in [6, 6.07) is 72.6. The predicted octanol–water partition coefficient (Wildman–Crippen LogP) is 14.4. The Balaban J connectivity index is 1.09. The van der Waals surface area contributed by atoms with E-state index in [-0.39, 0.29) is 0 Å². The fourth-order valence-corrected chi connectivity index (χ4v) is 10.1. The average molecular weight is 819 g/mol. The molecule has 64 heavy (non-hydrogen) atoms. The van der Waals surface area contributed by atoms with Crippen molar-refractivity contribution in [3.63, 3.8) is 0 Å². The van der Waals surface area contributed by atoms with Crippen LogP contribution in [0.4, 0.5) is 0 Å². The molecule has 298 valence electrons. The van der Waals surface area contributed by atoms with Crippen LogP contribution in [0.5, 0.6) is 0 Å². The molecule has 0 unspecified atom stereocenters. The van der Waals surface area contributed by atoms with Gasteiger partial charge in [0.1, 0.15) is 11.2 Å². The molecule has 0 saturated carbocycles. The molecule has 0 radical (unpaired) electrons. The Kier molecular flexibility index (Phi) is 7.27. The van der Waals surface area contributed by atoms with Crippen LogP contribution in [0.3, 0.4) is 0 Å². The lowest BCUT2D eigenvalue weighted by atomic mass is 10.1. The van der Waals surface area contributed by atoms with Crippen LogP contribution in [0.25, 0.3) is 127 Å². The molecule has 5 heterocycles. The zero-order valence-electron chi connectivity index (χ0n) is 34.2. The number of nitrogens with zero attached hydrogens (tertiary/aromatic N) is 6. The van der Waals surface area contributed by atoms with Gasteiger partial charge in [-0.2, -0.15) is 9.97 Å². The van der Waals surface area contributed by atoms with Crippen molar-refractivity contribution in [2.24, 2.45) is 0 Å². The topological polar surface area (TPSA) is 66.6 Å². The summed E-state index contributed by atoms with van der Waals surface area (Å²) in [4.78, 5) is 15.9. The highest BCUT2D eigenvalue weighted by Crippen LogP contribution is 2.43. The third-order valence-electron chi connectivity index (χ3n) is 12.9. The minimum absolute atomic E-state index is 0.531. The van der Waals surface area contributed by atoms with E-state index in [1.807, 2.05) is 36.4 Å². The van der Waals surface area contributed by atoms with E-state index in [1.165, 1.54) is 21.8 Å². The highest BCUT2D eigenvalue weighted by atomic mass is 16.3. The third-order valence-corrected chi connectivity index (χ3v) is 12.9. The Morgan fingerprint density at radius 2 is 0.812 bits per heavy atom. The summed E-state index contributed by atoms with van der Waals surface area (Å²) in [5.74, 6) is 1.68. The van der Waals surface area contributed by atoms with Gasteiger partial charge in [0.25, 0.3) is 0 Å². The standard InChI is InChI=1S/C57H34N6O/c1-3-15-35(16-4-1)55-58-56(36-27-29-43-42-22-10-14-26-51(42)64-52(43)33-36)60-57(59-55)63-49-25-13-9-21-41(49)44-30-31-45-46-34-38(61-47-23-11-7-19-39(47)40-20-8-12-24-48(40)61)28-32-50(46)62(53(45)54(44)63)37-17-5-2-6-18-37/h1-34H. The summed E-state index contributed by atoms with van der Waals surface area (Å²) in [5.41, 5.74) is 12.1. The lowest BCUT2D eigenvalue weighted by molar-refractivity contribution is 0.669. The Hall–Kier alpha value is -8.81. The number of aromatic nitrogens is 6. The first-order valence-corrected chi connectivity index (χ1v) is 21.5. The van der Waals surface area contributed by atoms with Crippen molar-refractivity contribution in [1.82, 2.24) is 28.7 Å². The monoisotopic (exact) mass is 818 g/mol. The minimum atomic E-state index is 0.531. The highest BCUT2D eigenvalue weighted by Gasteiger charge is 2.24. The van der Waals surface area contributed by atoms with Gasteiger partial charge in [-0.05, 0) is 66.7 Å². The predicted molar refractivity (Wildman–Crippen MR) is 261 cm³/mol. The summed E-state index contributed by atoms with van der Waals surface area (Å²) < 4.78 is 13.4. The van der Waals surface area contributed by atoms with Crippen LogP contribution in [0.1, 0.15) is 0 Å². The first-order chi connectivity index (χ1) is 31.7. The Bertz CT molecular complexity index is 4140. The number of hydrogen-bond donors (Lipinski definition) is 0. The van der Waals surface area contributed by atoms with Gasteiger partial charge in [0, 0.05) is 65.6 Å². The molecule has 0 amide bonds. The van der Waals surface area contributed by atoms with Gasteiger partial charge in [-0.1, -0.05) is 140 Å². The molecular weight excluding hydrogens is 785 g/mol. The van der Waals surface area contributed by atoms with E-state index in [0.717, 1.165) is 88.1 Å². The fraction of sp³-hybridized carbons (Fsp3) is 0. The lowest BCUT2D eigenvalue weighted by Gasteiger charge is -2.13. The Morgan fingerprint density at radius 1 is 0.297 bits per heavy atom. The van der Waals surface area contributed by atoms with Crippen LogP contribution in [-0.4, -0.2) is 28.7 Å². The van der Waals surface area contributed by atoms with Gasteiger partial charge in [0.05, 0.1) is 33.1 Å². The summed E-state index contributed by atoms with van der Waals surface area (Å²) in [5, 5.41) is 9.11. The van der Waals surface area contributed by atoms with Crippen LogP contribution in [0, 0.1) is 0 Å². The van der Waals surface area contributed by atoms with E-state index in [9.17, 15) is 0 Å². The molecule has 0 fully saturated rings. The number of furan rings is 1. The van der Waals surface area contributed by atoms with E-state index < -0.39 is 0 Å². The maximum Gasteiger partial charge on any atom is 0.238 e. The van der Waals surface area contributed by atoms with Crippen molar-refractivity contribution < 1.29 is 4.42 Å². The zero-order valence-corrected chi connectivity index (χ0v) is 34.2. The van der Waals surface area contributed by atoms with Crippen molar-refractivity contribution in [3.8, 4) is 40.1 Å². The smallest absolute Gasteiger partial charge is 0.238 e. The number of para-hydroxylation sites is 5. The molecule has 0 N–H and O–H groups in total. The summed E-state index contributed by atoms with van der Waals surface area (Å²) in [6.07, 6.45) is 0. The van der Waals surface area contributed by atoms with Crippen LogP contribution in [-0.2, 0) is 0 Å². The lowest BCUT2D eigenvalue weighted by Crippen LogP contribution is -2.07. The molecule has 14 aromatic rings. The first-order valence-electron chi connectivity index (χ1n) is 21.5. The molecule has 5 aromatic heterocycles. The summed E-state index contributed by atoms with van der Waals surface area (Å²) >= 11 is 0.